The third-order valence-corrected chi connectivity index (χ3v) is 1.77. The second kappa shape index (κ2) is 4.45. The molecule has 0 atom stereocenters. The van der Waals surface area contributed by atoms with E-state index in [0.29, 0.717) is 12.1 Å². The van der Waals surface area contributed by atoms with Crippen LogP contribution in [-0.2, 0) is 4.79 Å². The van der Waals surface area contributed by atoms with Crippen molar-refractivity contribution in [3.8, 4) is 0 Å². The Hall–Kier alpha value is -1.57. The number of nitrogens with two attached hydrogens (primary N) is 1. The molecule has 0 amide bonds. The number of carbonyl (C=O) groups is 1. The van der Waals surface area contributed by atoms with E-state index in [1.54, 1.807) is 0 Å². The Morgan fingerprint density at radius 1 is 1.38 bits per heavy atom. The van der Waals surface area contributed by atoms with Gasteiger partial charge in [0.1, 0.15) is 0 Å². The number of rotatable bonds is 3. The maximum atomic E-state index is 11.0. The van der Waals surface area contributed by atoms with Gasteiger partial charge >= 0.3 is 0 Å². The second-order valence-electron chi connectivity index (χ2n) is 2.79. The first-order valence-electron chi connectivity index (χ1n) is 4.29. The van der Waals surface area contributed by atoms with E-state index in [-0.39, 0.29) is 5.78 Å². The number of hydrogen-bond acceptors (Lipinski definition) is 2. The largest absolute Gasteiger partial charge is 0.398 e. The molecule has 0 saturated heterocycles. The molecule has 13 heavy (non-hydrogen) atoms. The lowest BCUT2D eigenvalue weighted by molar-refractivity contribution is -0.114. The first-order chi connectivity index (χ1) is 6.24. The van der Waals surface area contributed by atoms with Crippen molar-refractivity contribution in [3.63, 3.8) is 0 Å². The van der Waals surface area contributed by atoms with Gasteiger partial charge in [0.15, 0.2) is 5.78 Å². The quantitative estimate of drug-likeness (QED) is 0.713. The van der Waals surface area contributed by atoms with Gasteiger partial charge in [0, 0.05) is 18.2 Å². The Balaban J connectivity index is 2.85. The molecule has 68 valence electrons. The lowest BCUT2D eigenvalue weighted by Crippen LogP contribution is -2.00. The molecule has 0 fully saturated rings. The van der Waals surface area contributed by atoms with Crippen molar-refractivity contribution < 1.29 is 4.79 Å². The van der Waals surface area contributed by atoms with Crippen LogP contribution in [0.25, 0.3) is 5.70 Å². The molecule has 0 unspecified atom stereocenters. The van der Waals surface area contributed by atoms with Gasteiger partial charge in [-0.05, 0) is 5.56 Å². The minimum atomic E-state index is 0.0568. The molecule has 0 spiro atoms. The summed E-state index contributed by atoms with van der Waals surface area (Å²) < 4.78 is 0. The molecule has 0 saturated carbocycles. The summed E-state index contributed by atoms with van der Waals surface area (Å²) >= 11 is 0. The first kappa shape index (κ1) is 9.52. The number of carbonyl (C=O) groups excluding carboxylic acids is 1. The van der Waals surface area contributed by atoms with Gasteiger partial charge in [0.25, 0.3) is 0 Å². The second-order valence-corrected chi connectivity index (χ2v) is 2.79. The van der Waals surface area contributed by atoms with Gasteiger partial charge in [-0.2, -0.15) is 0 Å². The third-order valence-electron chi connectivity index (χ3n) is 1.77. The van der Waals surface area contributed by atoms with Gasteiger partial charge in [-0.15, -0.1) is 0 Å². The van der Waals surface area contributed by atoms with Crippen LogP contribution in [0.3, 0.4) is 0 Å². The standard InChI is InChI=1S/C11H13NO/c1-2-10(13)8-11(12)9-6-4-3-5-7-9/h3-8H,2,12H2,1H3/b11-8-. The summed E-state index contributed by atoms with van der Waals surface area (Å²) in [4.78, 5) is 11.0. The van der Waals surface area contributed by atoms with Gasteiger partial charge in [0.05, 0.1) is 0 Å². The van der Waals surface area contributed by atoms with Crippen LogP contribution in [-0.4, -0.2) is 5.78 Å². The molecule has 2 nitrogen and oxygen atoms in total. The molecule has 1 rings (SSSR count). The van der Waals surface area contributed by atoms with Crippen molar-refractivity contribution in [1.82, 2.24) is 0 Å². The molecule has 2 heteroatoms. The average Bonchev–Trinajstić information content (AvgIpc) is 2.19. The van der Waals surface area contributed by atoms with E-state index >= 15 is 0 Å². The molecule has 0 aliphatic rings. The van der Waals surface area contributed by atoms with E-state index in [4.69, 9.17) is 5.73 Å². The Kier molecular flexibility index (Phi) is 3.26. The fraction of sp³-hybridized carbons (Fsp3) is 0.182. The SMILES string of the molecule is CCC(=O)/C=C(\N)c1ccccc1. The number of hydrogen-bond donors (Lipinski definition) is 1. The highest BCUT2D eigenvalue weighted by Gasteiger charge is 1.97. The number of allylic oxidation sites excluding steroid dienone is 1. The van der Waals surface area contributed by atoms with E-state index in [9.17, 15) is 4.79 Å². The molecule has 2 N–H and O–H groups in total. The Labute approximate surface area is 78.1 Å². The van der Waals surface area contributed by atoms with Gasteiger partial charge in [-0.1, -0.05) is 37.3 Å². The topological polar surface area (TPSA) is 43.1 Å². The zero-order chi connectivity index (χ0) is 9.68. The summed E-state index contributed by atoms with van der Waals surface area (Å²) in [5.41, 5.74) is 7.14. The molecule has 1 aromatic carbocycles. The van der Waals surface area contributed by atoms with Gasteiger partial charge in [-0.3, -0.25) is 4.79 Å². The minimum absolute atomic E-state index is 0.0568. The summed E-state index contributed by atoms with van der Waals surface area (Å²) in [6.07, 6.45) is 1.98. The summed E-state index contributed by atoms with van der Waals surface area (Å²) in [5.74, 6) is 0.0568. The van der Waals surface area contributed by atoms with Crippen molar-refractivity contribution in [2.45, 2.75) is 13.3 Å². The van der Waals surface area contributed by atoms with E-state index in [1.165, 1.54) is 6.08 Å². The third kappa shape index (κ3) is 2.75. The summed E-state index contributed by atoms with van der Waals surface area (Å²) in [6, 6.07) is 9.47. The average molecular weight is 175 g/mol. The monoisotopic (exact) mass is 175 g/mol. The lowest BCUT2D eigenvalue weighted by Gasteiger charge is -1.99. The maximum Gasteiger partial charge on any atom is 0.157 e. The summed E-state index contributed by atoms with van der Waals surface area (Å²) in [6.45, 7) is 1.82. The van der Waals surface area contributed by atoms with E-state index in [2.05, 4.69) is 0 Å². The smallest absolute Gasteiger partial charge is 0.157 e. The summed E-state index contributed by atoms with van der Waals surface area (Å²) in [5, 5.41) is 0. The van der Waals surface area contributed by atoms with E-state index in [1.807, 2.05) is 37.3 Å². The molecule has 0 radical (unpaired) electrons. The molecule has 0 aliphatic heterocycles. The fourth-order valence-corrected chi connectivity index (χ4v) is 0.989. The maximum absolute atomic E-state index is 11.0. The molecule has 1 aromatic rings. The molecule has 0 bridgehead atoms. The highest BCUT2D eigenvalue weighted by molar-refractivity contribution is 5.95. The van der Waals surface area contributed by atoms with Crippen LogP contribution in [0.1, 0.15) is 18.9 Å². The molecule has 0 aromatic heterocycles. The van der Waals surface area contributed by atoms with Gasteiger partial charge in [0.2, 0.25) is 0 Å². The number of benzene rings is 1. The Morgan fingerprint density at radius 2 is 2.00 bits per heavy atom. The van der Waals surface area contributed by atoms with Gasteiger partial charge < -0.3 is 5.73 Å². The molecular formula is C11H13NO. The normalized spacial score (nSPS) is 11.3. The Bertz CT molecular complexity index is 314. The lowest BCUT2D eigenvalue weighted by atomic mass is 10.1. The number of ketones is 1. The van der Waals surface area contributed by atoms with Crippen LogP contribution in [0.2, 0.25) is 0 Å². The molecule has 0 aliphatic carbocycles. The van der Waals surface area contributed by atoms with Crippen molar-refractivity contribution in [1.29, 1.82) is 0 Å². The van der Waals surface area contributed by atoms with Crippen molar-refractivity contribution in [2.75, 3.05) is 0 Å². The van der Waals surface area contributed by atoms with Crippen LogP contribution < -0.4 is 5.73 Å². The predicted molar refractivity (Wildman–Crippen MR) is 53.9 cm³/mol. The van der Waals surface area contributed by atoms with Crippen molar-refractivity contribution in [2.24, 2.45) is 5.73 Å². The Morgan fingerprint density at radius 3 is 2.54 bits per heavy atom. The fourth-order valence-electron chi connectivity index (χ4n) is 0.989. The first-order valence-corrected chi connectivity index (χ1v) is 4.29. The van der Waals surface area contributed by atoms with Crippen LogP contribution >= 0.6 is 0 Å². The van der Waals surface area contributed by atoms with Gasteiger partial charge in [-0.25, -0.2) is 0 Å². The van der Waals surface area contributed by atoms with Crippen molar-refractivity contribution >= 4 is 11.5 Å². The zero-order valence-corrected chi connectivity index (χ0v) is 7.66. The highest BCUT2D eigenvalue weighted by atomic mass is 16.1. The van der Waals surface area contributed by atoms with Crippen molar-refractivity contribution in [3.05, 3.63) is 42.0 Å². The van der Waals surface area contributed by atoms with Crippen LogP contribution in [0.15, 0.2) is 36.4 Å². The zero-order valence-electron chi connectivity index (χ0n) is 7.66. The van der Waals surface area contributed by atoms with E-state index in [0.717, 1.165) is 5.56 Å². The van der Waals surface area contributed by atoms with Crippen LogP contribution in [0, 0.1) is 0 Å². The van der Waals surface area contributed by atoms with E-state index < -0.39 is 0 Å². The highest BCUT2D eigenvalue weighted by Crippen LogP contribution is 2.07. The molecule has 0 heterocycles. The molecular weight excluding hydrogens is 162 g/mol. The van der Waals surface area contributed by atoms with Crippen LogP contribution in [0.5, 0.6) is 0 Å². The predicted octanol–water partition coefficient (Wildman–Crippen LogP) is 1.97. The minimum Gasteiger partial charge on any atom is -0.398 e. The summed E-state index contributed by atoms with van der Waals surface area (Å²) in [7, 11) is 0. The van der Waals surface area contributed by atoms with Crippen LogP contribution in [0.4, 0.5) is 0 Å².